The minimum atomic E-state index is -3.50. The highest BCUT2D eigenvalue weighted by Crippen LogP contribution is 2.15. The van der Waals surface area contributed by atoms with Gasteiger partial charge in [-0.1, -0.05) is 6.42 Å². The zero-order chi connectivity index (χ0) is 15.3. The molecular weight excluding hydrogens is 292 g/mol. The number of aliphatic hydroxyl groups is 1. The third-order valence-corrected chi connectivity index (χ3v) is 5.31. The van der Waals surface area contributed by atoms with Crippen LogP contribution in [0.25, 0.3) is 0 Å². The number of hydrogen-bond donors (Lipinski definition) is 2. The summed E-state index contributed by atoms with van der Waals surface area (Å²) in [4.78, 5) is 2.35. The van der Waals surface area contributed by atoms with Crippen molar-refractivity contribution in [3.8, 4) is 0 Å². The van der Waals surface area contributed by atoms with Crippen LogP contribution in [0.15, 0.2) is 17.3 Å². The maximum atomic E-state index is 12.1. The summed E-state index contributed by atoms with van der Waals surface area (Å²) in [5, 5.41) is 13.3. The Bertz CT molecular complexity index is 543. The van der Waals surface area contributed by atoms with Crippen LogP contribution in [0.1, 0.15) is 26.2 Å². The second-order valence-corrected chi connectivity index (χ2v) is 7.06. The van der Waals surface area contributed by atoms with E-state index in [0.29, 0.717) is 19.6 Å². The van der Waals surface area contributed by atoms with Crippen molar-refractivity contribution in [1.82, 2.24) is 19.4 Å². The molecule has 1 aliphatic rings. The van der Waals surface area contributed by atoms with Crippen LogP contribution in [0.2, 0.25) is 0 Å². The topological polar surface area (TPSA) is 87.5 Å². The Morgan fingerprint density at radius 2 is 2.29 bits per heavy atom. The van der Waals surface area contributed by atoms with Crippen LogP contribution < -0.4 is 4.72 Å². The third kappa shape index (κ3) is 4.26. The molecule has 2 N–H and O–H groups in total. The van der Waals surface area contributed by atoms with Crippen molar-refractivity contribution in [3.63, 3.8) is 0 Å². The molecule has 2 rings (SSSR count). The number of aliphatic hydroxyl groups excluding tert-OH is 1. The standard InChI is InChI=1S/C13H24N4O3S/c1-2-17-10-13(9-14-17)21(19,20)15-6-8-16-7-4-3-5-12(16)11-18/h9-10,12,15,18H,2-8,11H2,1H3/t12-/m1/s1. The lowest BCUT2D eigenvalue weighted by Gasteiger charge is -2.34. The van der Waals surface area contributed by atoms with E-state index in [2.05, 4.69) is 14.7 Å². The van der Waals surface area contributed by atoms with E-state index in [1.165, 1.54) is 12.4 Å². The highest BCUT2D eigenvalue weighted by Gasteiger charge is 2.22. The molecule has 120 valence electrons. The predicted molar refractivity (Wildman–Crippen MR) is 79.4 cm³/mol. The Labute approximate surface area is 126 Å². The number of sulfonamides is 1. The van der Waals surface area contributed by atoms with Crippen molar-refractivity contribution in [2.75, 3.05) is 26.2 Å². The normalized spacial score (nSPS) is 20.8. The summed E-state index contributed by atoms with van der Waals surface area (Å²) in [6.07, 6.45) is 6.10. The maximum absolute atomic E-state index is 12.1. The summed E-state index contributed by atoms with van der Waals surface area (Å²) in [6, 6.07) is 0.158. The fourth-order valence-corrected chi connectivity index (χ4v) is 3.60. The highest BCUT2D eigenvalue weighted by atomic mass is 32.2. The molecule has 0 spiro atoms. The lowest BCUT2D eigenvalue weighted by atomic mass is 10.0. The Balaban J connectivity index is 1.86. The molecule has 0 aliphatic carbocycles. The van der Waals surface area contributed by atoms with Gasteiger partial charge in [0, 0.05) is 31.9 Å². The van der Waals surface area contributed by atoms with Crippen LogP contribution in [0, 0.1) is 0 Å². The van der Waals surface area contributed by atoms with Gasteiger partial charge in [0.05, 0.1) is 12.8 Å². The Kier molecular flexibility index (Phi) is 5.74. The van der Waals surface area contributed by atoms with Crippen molar-refractivity contribution < 1.29 is 13.5 Å². The van der Waals surface area contributed by atoms with Crippen LogP contribution in [0.5, 0.6) is 0 Å². The van der Waals surface area contributed by atoms with Crippen molar-refractivity contribution >= 4 is 10.0 Å². The van der Waals surface area contributed by atoms with Crippen LogP contribution in [0.3, 0.4) is 0 Å². The summed E-state index contributed by atoms with van der Waals surface area (Å²) >= 11 is 0. The van der Waals surface area contributed by atoms with Gasteiger partial charge in [-0.15, -0.1) is 0 Å². The first-order valence-corrected chi connectivity index (χ1v) is 8.92. The van der Waals surface area contributed by atoms with E-state index in [9.17, 15) is 13.5 Å². The molecule has 1 aromatic heterocycles. The second-order valence-electron chi connectivity index (χ2n) is 5.30. The third-order valence-electron chi connectivity index (χ3n) is 3.89. The average molecular weight is 316 g/mol. The van der Waals surface area contributed by atoms with Gasteiger partial charge < -0.3 is 5.11 Å². The molecule has 7 nitrogen and oxygen atoms in total. The predicted octanol–water partition coefficient (Wildman–Crippen LogP) is 0.0281. The molecule has 0 unspecified atom stereocenters. The molecule has 0 radical (unpaired) electrons. The molecule has 1 fully saturated rings. The van der Waals surface area contributed by atoms with E-state index in [4.69, 9.17) is 0 Å². The van der Waals surface area contributed by atoms with Gasteiger partial charge in [0.15, 0.2) is 0 Å². The van der Waals surface area contributed by atoms with E-state index >= 15 is 0 Å². The van der Waals surface area contributed by atoms with Crippen molar-refractivity contribution in [3.05, 3.63) is 12.4 Å². The number of nitrogens with one attached hydrogen (secondary N) is 1. The first kappa shape index (κ1) is 16.4. The van der Waals surface area contributed by atoms with Gasteiger partial charge in [0.25, 0.3) is 0 Å². The van der Waals surface area contributed by atoms with E-state index in [-0.39, 0.29) is 17.5 Å². The van der Waals surface area contributed by atoms with E-state index in [0.717, 1.165) is 25.8 Å². The lowest BCUT2D eigenvalue weighted by Crippen LogP contribution is -2.45. The Hall–Kier alpha value is -0.960. The molecule has 0 bridgehead atoms. The molecule has 1 aliphatic heterocycles. The van der Waals surface area contributed by atoms with Crippen LogP contribution in [-0.2, 0) is 16.6 Å². The number of aryl methyl sites for hydroxylation is 1. The smallest absolute Gasteiger partial charge is 0.243 e. The number of aromatic nitrogens is 2. The lowest BCUT2D eigenvalue weighted by molar-refractivity contribution is 0.0923. The van der Waals surface area contributed by atoms with E-state index < -0.39 is 10.0 Å². The van der Waals surface area contributed by atoms with Gasteiger partial charge in [-0.05, 0) is 26.3 Å². The van der Waals surface area contributed by atoms with Gasteiger partial charge in [-0.25, -0.2) is 13.1 Å². The minimum Gasteiger partial charge on any atom is -0.395 e. The van der Waals surface area contributed by atoms with Crippen molar-refractivity contribution in [2.45, 2.75) is 43.7 Å². The Morgan fingerprint density at radius 1 is 1.48 bits per heavy atom. The fourth-order valence-electron chi connectivity index (χ4n) is 2.62. The first-order chi connectivity index (χ1) is 10.1. The maximum Gasteiger partial charge on any atom is 0.243 e. The average Bonchev–Trinajstić information content (AvgIpc) is 2.97. The number of nitrogens with zero attached hydrogens (tertiary/aromatic N) is 3. The first-order valence-electron chi connectivity index (χ1n) is 7.44. The molecule has 1 aromatic rings. The molecule has 0 aromatic carbocycles. The van der Waals surface area contributed by atoms with Gasteiger partial charge in [0.1, 0.15) is 4.90 Å². The van der Waals surface area contributed by atoms with E-state index in [1.54, 1.807) is 4.68 Å². The van der Waals surface area contributed by atoms with Crippen molar-refractivity contribution in [2.24, 2.45) is 0 Å². The monoisotopic (exact) mass is 316 g/mol. The van der Waals surface area contributed by atoms with Gasteiger partial charge in [-0.3, -0.25) is 9.58 Å². The second kappa shape index (κ2) is 7.35. The van der Waals surface area contributed by atoms with Crippen LogP contribution in [-0.4, -0.2) is 60.5 Å². The van der Waals surface area contributed by atoms with Crippen LogP contribution in [0.4, 0.5) is 0 Å². The molecular formula is C13H24N4O3S. The van der Waals surface area contributed by atoms with Gasteiger partial charge in [0.2, 0.25) is 10.0 Å². The molecule has 21 heavy (non-hydrogen) atoms. The number of rotatable bonds is 7. The SMILES string of the molecule is CCn1cc(S(=O)(=O)NCCN2CCCC[C@@H]2CO)cn1. The summed E-state index contributed by atoms with van der Waals surface area (Å²) in [7, 11) is -3.50. The van der Waals surface area contributed by atoms with Crippen molar-refractivity contribution in [1.29, 1.82) is 0 Å². The van der Waals surface area contributed by atoms with Gasteiger partial charge >= 0.3 is 0 Å². The molecule has 0 amide bonds. The molecule has 1 saturated heterocycles. The summed E-state index contributed by atoms with van der Waals surface area (Å²) in [5.74, 6) is 0. The Morgan fingerprint density at radius 3 is 2.95 bits per heavy atom. The minimum absolute atomic E-state index is 0.135. The quantitative estimate of drug-likeness (QED) is 0.741. The molecule has 1 atom stereocenters. The number of likely N-dealkylation sites (tertiary alicyclic amines) is 1. The van der Waals surface area contributed by atoms with Gasteiger partial charge in [-0.2, -0.15) is 5.10 Å². The fraction of sp³-hybridized carbons (Fsp3) is 0.769. The molecule has 0 saturated carbocycles. The number of piperidine rings is 1. The zero-order valence-electron chi connectivity index (χ0n) is 12.4. The number of hydrogen-bond acceptors (Lipinski definition) is 5. The molecule has 8 heteroatoms. The van der Waals surface area contributed by atoms with Crippen LogP contribution >= 0.6 is 0 Å². The highest BCUT2D eigenvalue weighted by molar-refractivity contribution is 7.89. The summed E-state index contributed by atoms with van der Waals surface area (Å²) in [5.41, 5.74) is 0. The molecule has 2 heterocycles. The van der Waals surface area contributed by atoms with E-state index in [1.807, 2.05) is 6.92 Å². The summed E-state index contributed by atoms with van der Waals surface area (Å²) < 4.78 is 28.4. The zero-order valence-corrected chi connectivity index (χ0v) is 13.2. The summed E-state index contributed by atoms with van der Waals surface area (Å²) in [6.45, 7) is 4.56. The largest absolute Gasteiger partial charge is 0.395 e.